The van der Waals surface area contributed by atoms with Gasteiger partial charge < -0.3 is 21.5 Å². The number of nitrogens with two attached hydrogens (primary N) is 1. The van der Waals surface area contributed by atoms with Gasteiger partial charge in [0.15, 0.2) is 17.3 Å². The third kappa shape index (κ3) is 5.47. The van der Waals surface area contributed by atoms with Crippen molar-refractivity contribution in [1.29, 1.82) is 0 Å². The average Bonchev–Trinajstić information content (AvgIpc) is 3.23. The molecule has 37 heavy (non-hydrogen) atoms. The highest BCUT2D eigenvalue weighted by Crippen LogP contribution is 2.38. The predicted molar refractivity (Wildman–Crippen MR) is 137 cm³/mol. The Kier molecular flexibility index (Phi) is 7.43. The van der Waals surface area contributed by atoms with E-state index in [2.05, 4.69) is 20.6 Å². The summed E-state index contributed by atoms with van der Waals surface area (Å²) in [5.41, 5.74) is 6.10. The number of primary amides is 1. The molecule has 0 spiro atoms. The van der Waals surface area contributed by atoms with E-state index in [0.29, 0.717) is 49.3 Å². The molecular weight excluding hydrogens is 504 g/mol. The number of hydrogen-bond acceptors (Lipinski definition) is 7. The minimum Gasteiger partial charge on any atom is -0.393 e. The Hall–Kier alpha value is -3.05. The van der Waals surface area contributed by atoms with Crippen molar-refractivity contribution in [3.8, 4) is 0 Å². The van der Waals surface area contributed by atoms with Crippen molar-refractivity contribution in [2.75, 3.05) is 17.2 Å². The first-order chi connectivity index (χ1) is 17.8. The van der Waals surface area contributed by atoms with E-state index in [1.54, 1.807) is 6.20 Å². The molecule has 2 atom stereocenters. The van der Waals surface area contributed by atoms with Crippen LogP contribution in [0, 0.1) is 23.5 Å². The summed E-state index contributed by atoms with van der Waals surface area (Å²) < 4.78 is 31.0. The minimum atomic E-state index is -0.847. The lowest BCUT2D eigenvalue weighted by atomic mass is 9.85. The van der Waals surface area contributed by atoms with E-state index in [0.717, 1.165) is 37.8 Å². The number of carbonyl (C=O) groups excluding carboxylic acids is 1. The Morgan fingerprint density at radius 1 is 1.11 bits per heavy atom. The van der Waals surface area contributed by atoms with Crippen molar-refractivity contribution in [2.24, 2.45) is 17.6 Å². The molecule has 5 N–H and O–H groups in total. The molecule has 0 saturated heterocycles. The first-order valence-corrected chi connectivity index (χ1v) is 13.1. The lowest BCUT2D eigenvalue weighted by Gasteiger charge is -2.29. The molecule has 0 unspecified atom stereocenters. The summed E-state index contributed by atoms with van der Waals surface area (Å²) in [6.07, 6.45) is 7.49. The summed E-state index contributed by atoms with van der Waals surface area (Å²) in [5, 5.41) is 16.3. The van der Waals surface area contributed by atoms with E-state index in [1.165, 1.54) is 0 Å². The number of anilines is 3. The highest BCUT2D eigenvalue weighted by atomic mass is 35.5. The Bertz CT molecular complexity index is 1270. The second kappa shape index (κ2) is 10.7. The summed E-state index contributed by atoms with van der Waals surface area (Å²) >= 11 is 5.79. The van der Waals surface area contributed by atoms with Crippen LogP contribution >= 0.6 is 11.6 Å². The summed E-state index contributed by atoms with van der Waals surface area (Å²) in [5.74, 6) is -1.51. The number of aromatic nitrogens is 4. The van der Waals surface area contributed by atoms with E-state index < -0.39 is 11.6 Å². The molecule has 0 radical (unpaired) electrons. The molecule has 5 rings (SSSR count). The minimum absolute atomic E-state index is 0.0523. The van der Waals surface area contributed by atoms with Gasteiger partial charge >= 0.3 is 0 Å². The molecule has 2 aliphatic carbocycles. The Labute approximate surface area is 217 Å². The maximum absolute atomic E-state index is 14.6. The van der Waals surface area contributed by atoms with E-state index >= 15 is 0 Å². The Morgan fingerprint density at radius 3 is 2.49 bits per heavy atom. The molecule has 12 heteroatoms. The third-order valence-corrected chi connectivity index (χ3v) is 7.75. The van der Waals surface area contributed by atoms with Gasteiger partial charge in [-0.15, -0.1) is 0 Å². The van der Waals surface area contributed by atoms with Gasteiger partial charge in [-0.3, -0.25) is 9.36 Å². The Balaban J connectivity index is 1.48. The number of rotatable bonds is 7. The van der Waals surface area contributed by atoms with Crippen LogP contribution in [-0.2, 0) is 4.79 Å². The molecule has 2 fully saturated rings. The van der Waals surface area contributed by atoms with Crippen molar-refractivity contribution in [3.63, 3.8) is 0 Å². The van der Waals surface area contributed by atoms with Crippen molar-refractivity contribution in [3.05, 3.63) is 35.0 Å². The number of benzene rings is 1. The van der Waals surface area contributed by atoms with Crippen molar-refractivity contribution < 1.29 is 18.7 Å². The zero-order chi connectivity index (χ0) is 26.1. The monoisotopic (exact) mass is 533 g/mol. The fourth-order valence-electron chi connectivity index (χ4n) is 5.45. The van der Waals surface area contributed by atoms with Gasteiger partial charge in [0.25, 0.3) is 0 Å². The van der Waals surface area contributed by atoms with Crippen LogP contribution in [0.25, 0.3) is 11.2 Å². The molecule has 9 nitrogen and oxygen atoms in total. The summed E-state index contributed by atoms with van der Waals surface area (Å²) in [6.45, 7) is 0.539. The molecule has 2 aromatic heterocycles. The number of nitrogens with zero attached hydrogens (tertiary/aromatic N) is 4. The molecule has 198 valence electrons. The van der Waals surface area contributed by atoms with Crippen molar-refractivity contribution >= 4 is 46.3 Å². The summed E-state index contributed by atoms with van der Waals surface area (Å²) in [6, 6.07) is 1.93. The van der Waals surface area contributed by atoms with Crippen molar-refractivity contribution in [2.45, 2.75) is 63.5 Å². The molecule has 2 saturated carbocycles. The quantitative estimate of drug-likeness (QED) is 0.347. The van der Waals surface area contributed by atoms with Crippen LogP contribution in [0.4, 0.5) is 26.4 Å². The number of aliphatic hydroxyl groups is 1. The van der Waals surface area contributed by atoms with E-state index in [1.807, 2.05) is 4.57 Å². The zero-order valence-electron chi connectivity index (χ0n) is 20.3. The first-order valence-electron chi connectivity index (χ1n) is 12.7. The van der Waals surface area contributed by atoms with Crippen LogP contribution in [0.1, 0.15) is 57.4 Å². The summed E-state index contributed by atoms with van der Waals surface area (Å²) in [4.78, 5) is 25.3. The molecule has 0 aliphatic heterocycles. The normalized spacial score (nSPS) is 24.2. The van der Waals surface area contributed by atoms with Gasteiger partial charge in [-0.25, -0.2) is 18.7 Å². The fraction of sp³-hybridized carbons (Fsp3) is 0.520. The standard InChI is InChI=1S/C25H30ClF2N7O2/c26-15-9-17(27)21(18(28)10-15)33-25-32-19-12-31-24(30-11-14-3-1-2-4-20(14)36)34-23(19)35(25)16-7-5-13(6-8-16)22(29)37/h9-10,12-14,16,20,36H,1-8,11H2,(H2,29,37)(H,32,33)(H,30,31,34)/t13?,14-,16?,20-/m0/s1. The van der Waals surface area contributed by atoms with Gasteiger partial charge in [0, 0.05) is 29.4 Å². The highest BCUT2D eigenvalue weighted by Gasteiger charge is 2.30. The number of amides is 1. The van der Waals surface area contributed by atoms with Gasteiger partial charge in [-0.05, 0) is 50.7 Å². The number of halogens is 3. The van der Waals surface area contributed by atoms with Crippen molar-refractivity contribution in [1.82, 2.24) is 19.5 Å². The van der Waals surface area contributed by atoms with Crippen LogP contribution in [0.15, 0.2) is 18.3 Å². The SMILES string of the molecule is NC(=O)C1CCC(n2c(Nc3c(F)cc(Cl)cc3F)nc3cnc(NC[C@@H]4CCCC[C@@H]4O)nc32)CC1. The Morgan fingerprint density at radius 2 is 1.81 bits per heavy atom. The van der Waals surface area contributed by atoms with Crippen LogP contribution in [0.3, 0.4) is 0 Å². The molecule has 1 amide bonds. The first kappa shape index (κ1) is 25.6. The van der Waals surface area contributed by atoms with Crippen LogP contribution in [0.5, 0.6) is 0 Å². The van der Waals surface area contributed by atoms with Gasteiger partial charge in [0.05, 0.1) is 12.3 Å². The summed E-state index contributed by atoms with van der Waals surface area (Å²) in [7, 11) is 0. The lowest BCUT2D eigenvalue weighted by molar-refractivity contribution is -0.122. The second-order valence-corrected chi connectivity index (χ2v) is 10.4. The number of fused-ring (bicyclic) bond motifs is 1. The number of aliphatic hydroxyl groups excluding tert-OH is 1. The van der Waals surface area contributed by atoms with Gasteiger partial charge in [-0.1, -0.05) is 24.4 Å². The van der Waals surface area contributed by atoms with Gasteiger partial charge in [-0.2, -0.15) is 4.98 Å². The lowest BCUT2D eigenvalue weighted by Crippen LogP contribution is -2.30. The number of hydrogen-bond donors (Lipinski definition) is 4. The fourth-order valence-corrected chi connectivity index (χ4v) is 5.64. The average molecular weight is 534 g/mol. The zero-order valence-corrected chi connectivity index (χ0v) is 21.0. The molecular formula is C25H30ClF2N7O2. The topological polar surface area (TPSA) is 131 Å². The molecule has 1 aromatic carbocycles. The largest absolute Gasteiger partial charge is 0.393 e. The van der Waals surface area contributed by atoms with E-state index in [9.17, 15) is 18.7 Å². The van der Waals surface area contributed by atoms with Gasteiger partial charge in [0.2, 0.25) is 17.8 Å². The molecule has 3 aromatic rings. The van der Waals surface area contributed by atoms with Gasteiger partial charge in [0.1, 0.15) is 11.2 Å². The number of imidazole rings is 1. The maximum Gasteiger partial charge on any atom is 0.224 e. The number of nitrogens with one attached hydrogen (secondary N) is 2. The van der Waals surface area contributed by atoms with E-state index in [-0.39, 0.29) is 46.5 Å². The second-order valence-electron chi connectivity index (χ2n) is 9.98. The van der Waals surface area contributed by atoms with E-state index in [4.69, 9.17) is 22.3 Å². The number of carbonyl (C=O) groups is 1. The third-order valence-electron chi connectivity index (χ3n) is 7.53. The molecule has 0 bridgehead atoms. The smallest absolute Gasteiger partial charge is 0.224 e. The highest BCUT2D eigenvalue weighted by molar-refractivity contribution is 6.30. The molecule has 2 heterocycles. The maximum atomic E-state index is 14.6. The van der Waals surface area contributed by atoms with Crippen LogP contribution in [-0.4, -0.2) is 43.2 Å². The van der Waals surface area contributed by atoms with Crippen LogP contribution < -0.4 is 16.4 Å². The molecule has 2 aliphatic rings. The predicted octanol–water partition coefficient (Wildman–Crippen LogP) is 4.68. The van der Waals surface area contributed by atoms with Crippen LogP contribution in [0.2, 0.25) is 5.02 Å².